The molecule has 0 spiro atoms. The van der Waals surface area contributed by atoms with Gasteiger partial charge in [-0.05, 0) is 31.7 Å². The third-order valence-corrected chi connectivity index (χ3v) is 3.30. The lowest BCUT2D eigenvalue weighted by molar-refractivity contribution is 0.422. The van der Waals surface area contributed by atoms with Crippen molar-refractivity contribution in [3.63, 3.8) is 0 Å². The SMILES string of the molecule is CC(CCl)C(C)NCCC1CC1. The molecule has 1 aliphatic carbocycles. The van der Waals surface area contributed by atoms with Gasteiger partial charge in [-0.25, -0.2) is 0 Å². The van der Waals surface area contributed by atoms with E-state index in [1.165, 1.54) is 25.8 Å². The zero-order chi connectivity index (χ0) is 8.97. The van der Waals surface area contributed by atoms with Crippen molar-refractivity contribution >= 4 is 11.6 Å². The minimum absolute atomic E-state index is 0.571. The van der Waals surface area contributed by atoms with Crippen LogP contribution in [0.25, 0.3) is 0 Å². The van der Waals surface area contributed by atoms with Crippen LogP contribution in [0, 0.1) is 11.8 Å². The van der Waals surface area contributed by atoms with Gasteiger partial charge in [-0.15, -0.1) is 11.6 Å². The zero-order valence-corrected chi connectivity index (χ0v) is 8.90. The van der Waals surface area contributed by atoms with Crippen LogP contribution in [0.1, 0.15) is 33.1 Å². The van der Waals surface area contributed by atoms with E-state index in [1.54, 1.807) is 0 Å². The predicted molar refractivity (Wildman–Crippen MR) is 54.7 cm³/mol. The number of alkyl halides is 1. The molecule has 0 aromatic heterocycles. The van der Waals surface area contributed by atoms with Crippen molar-refractivity contribution in [2.75, 3.05) is 12.4 Å². The van der Waals surface area contributed by atoms with E-state index in [2.05, 4.69) is 19.2 Å². The highest BCUT2D eigenvalue weighted by Gasteiger charge is 2.20. The molecule has 1 saturated carbocycles. The first-order valence-corrected chi connectivity index (χ1v) is 5.57. The first-order valence-electron chi connectivity index (χ1n) is 5.03. The molecule has 1 N–H and O–H groups in total. The minimum atomic E-state index is 0.571. The van der Waals surface area contributed by atoms with E-state index >= 15 is 0 Å². The average Bonchev–Trinajstić information content (AvgIpc) is 2.86. The summed E-state index contributed by atoms with van der Waals surface area (Å²) in [6.07, 6.45) is 4.28. The Morgan fingerprint density at radius 2 is 2.08 bits per heavy atom. The van der Waals surface area contributed by atoms with E-state index in [0.717, 1.165) is 11.8 Å². The first kappa shape index (κ1) is 10.3. The normalized spacial score (nSPS) is 22.2. The summed E-state index contributed by atoms with van der Waals surface area (Å²) in [6.45, 7) is 5.59. The summed E-state index contributed by atoms with van der Waals surface area (Å²) in [6, 6.07) is 0.571. The molecule has 0 aromatic carbocycles. The van der Waals surface area contributed by atoms with Crippen LogP contribution < -0.4 is 5.32 Å². The molecule has 0 aromatic rings. The van der Waals surface area contributed by atoms with Crippen LogP contribution in [-0.4, -0.2) is 18.5 Å². The van der Waals surface area contributed by atoms with Gasteiger partial charge in [0.15, 0.2) is 0 Å². The van der Waals surface area contributed by atoms with Crippen molar-refractivity contribution in [2.24, 2.45) is 11.8 Å². The lowest BCUT2D eigenvalue weighted by Gasteiger charge is -2.18. The Balaban J connectivity index is 1.96. The fourth-order valence-corrected chi connectivity index (χ4v) is 1.52. The molecule has 2 heteroatoms. The van der Waals surface area contributed by atoms with Crippen LogP contribution in [0.3, 0.4) is 0 Å². The lowest BCUT2D eigenvalue weighted by atomic mass is 10.1. The van der Waals surface area contributed by atoms with Crippen molar-refractivity contribution in [3.05, 3.63) is 0 Å². The van der Waals surface area contributed by atoms with Gasteiger partial charge < -0.3 is 5.32 Å². The highest BCUT2D eigenvalue weighted by Crippen LogP contribution is 2.31. The van der Waals surface area contributed by atoms with Crippen LogP contribution in [0.5, 0.6) is 0 Å². The van der Waals surface area contributed by atoms with Crippen LogP contribution in [0.2, 0.25) is 0 Å². The van der Waals surface area contributed by atoms with Gasteiger partial charge in [0.05, 0.1) is 0 Å². The number of hydrogen-bond acceptors (Lipinski definition) is 1. The minimum Gasteiger partial charge on any atom is -0.314 e. The smallest absolute Gasteiger partial charge is 0.0263 e. The van der Waals surface area contributed by atoms with Gasteiger partial charge in [0, 0.05) is 11.9 Å². The maximum absolute atomic E-state index is 5.76. The van der Waals surface area contributed by atoms with Crippen molar-refractivity contribution < 1.29 is 0 Å². The molecule has 12 heavy (non-hydrogen) atoms. The molecule has 72 valence electrons. The fourth-order valence-electron chi connectivity index (χ4n) is 1.26. The van der Waals surface area contributed by atoms with Crippen molar-refractivity contribution in [3.8, 4) is 0 Å². The van der Waals surface area contributed by atoms with Gasteiger partial charge in [-0.3, -0.25) is 0 Å². The number of halogens is 1. The molecule has 0 aliphatic heterocycles. The van der Waals surface area contributed by atoms with Gasteiger partial charge in [0.25, 0.3) is 0 Å². The molecule has 1 fully saturated rings. The molecule has 1 rings (SSSR count). The second kappa shape index (κ2) is 5.08. The van der Waals surface area contributed by atoms with E-state index in [-0.39, 0.29) is 0 Å². The highest BCUT2D eigenvalue weighted by molar-refractivity contribution is 6.18. The molecule has 0 saturated heterocycles. The van der Waals surface area contributed by atoms with Crippen LogP contribution >= 0.6 is 11.6 Å². The van der Waals surface area contributed by atoms with E-state index in [4.69, 9.17) is 11.6 Å². The third-order valence-electron chi connectivity index (χ3n) is 2.81. The van der Waals surface area contributed by atoms with Crippen molar-refractivity contribution in [1.29, 1.82) is 0 Å². The summed E-state index contributed by atoms with van der Waals surface area (Å²) in [5.74, 6) is 2.39. The Hall–Kier alpha value is 0.250. The average molecular weight is 190 g/mol. The standard InChI is InChI=1S/C10H20ClN/c1-8(7-11)9(2)12-6-5-10-3-4-10/h8-10,12H,3-7H2,1-2H3. The topological polar surface area (TPSA) is 12.0 Å². The number of nitrogens with one attached hydrogen (secondary N) is 1. The quantitative estimate of drug-likeness (QED) is 0.634. The van der Waals surface area contributed by atoms with Gasteiger partial charge in [0.1, 0.15) is 0 Å². The zero-order valence-electron chi connectivity index (χ0n) is 8.15. The Morgan fingerprint density at radius 1 is 1.42 bits per heavy atom. The van der Waals surface area contributed by atoms with Crippen molar-refractivity contribution in [2.45, 2.75) is 39.2 Å². The molecular weight excluding hydrogens is 170 g/mol. The maximum Gasteiger partial charge on any atom is 0.0263 e. The van der Waals surface area contributed by atoms with Crippen molar-refractivity contribution in [1.82, 2.24) is 5.32 Å². The van der Waals surface area contributed by atoms with Gasteiger partial charge in [0.2, 0.25) is 0 Å². The summed E-state index contributed by atoms with van der Waals surface area (Å²) in [7, 11) is 0. The van der Waals surface area contributed by atoms with E-state index in [1.807, 2.05) is 0 Å². The second-order valence-corrected chi connectivity index (χ2v) is 4.42. The van der Waals surface area contributed by atoms with Gasteiger partial charge in [-0.1, -0.05) is 19.8 Å². The Kier molecular flexibility index (Phi) is 4.38. The lowest BCUT2D eigenvalue weighted by Crippen LogP contribution is -2.33. The fraction of sp³-hybridized carbons (Fsp3) is 1.00. The van der Waals surface area contributed by atoms with Gasteiger partial charge in [-0.2, -0.15) is 0 Å². The molecule has 1 aliphatic rings. The predicted octanol–water partition coefficient (Wildman–Crippen LogP) is 2.64. The van der Waals surface area contributed by atoms with Crippen LogP contribution in [-0.2, 0) is 0 Å². The largest absolute Gasteiger partial charge is 0.314 e. The number of rotatable bonds is 6. The number of hydrogen-bond donors (Lipinski definition) is 1. The summed E-state index contributed by atoms with van der Waals surface area (Å²) in [5.41, 5.74) is 0. The summed E-state index contributed by atoms with van der Waals surface area (Å²) < 4.78 is 0. The molecule has 2 atom stereocenters. The summed E-state index contributed by atoms with van der Waals surface area (Å²) >= 11 is 5.76. The van der Waals surface area contributed by atoms with E-state index in [9.17, 15) is 0 Å². The van der Waals surface area contributed by atoms with Crippen LogP contribution in [0.4, 0.5) is 0 Å². The van der Waals surface area contributed by atoms with Gasteiger partial charge >= 0.3 is 0 Å². The Labute approximate surface area is 80.9 Å². The molecule has 0 heterocycles. The molecule has 0 amide bonds. The third kappa shape index (κ3) is 3.77. The molecule has 2 unspecified atom stereocenters. The molecular formula is C10H20ClN. The first-order chi connectivity index (χ1) is 5.74. The Bertz CT molecular complexity index is 123. The highest BCUT2D eigenvalue weighted by atomic mass is 35.5. The van der Waals surface area contributed by atoms with E-state index < -0.39 is 0 Å². The summed E-state index contributed by atoms with van der Waals surface area (Å²) in [5, 5.41) is 3.52. The molecule has 0 bridgehead atoms. The summed E-state index contributed by atoms with van der Waals surface area (Å²) in [4.78, 5) is 0. The molecule has 0 radical (unpaired) electrons. The van der Waals surface area contributed by atoms with E-state index in [0.29, 0.717) is 12.0 Å². The van der Waals surface area contributed by atoms with Crippen LogP contribution in [0.15, 0.2) is 0 Å². The monoisotopic (exact) mass is 189 g/mol. The molecule has 1 nitrogen and oxygen atoms in total. The maximum atomic E-state index is 5.76. The Morgan fingerprint density at radius 3 is 2.58 bits per heavy atom. The second-order valence-electron chi connectivity index (χ2n) is 4.11.